The maximum Gasteiger partial charge on any atom is 0.253 e. The van der Waals surface area contributed by atoms with Gasteiger partial charge in [-0.05, 0) is 55.2 Å². The fourth-order valence-electron chi connectivity index (χ4n) is 5.47. The van der Waals surface area contributed by atoms with E-state index in [0.717, 1.165) is 43.1 Å². The summed E-state index contributed by atoms with van der Waals surface area (Å²) < 4.78 is 5.44. The SMILES string of the molecule is CC(NC(=O)C1(c2ccccc2)CCN(C(=O)c2ccc(N3CCOCC3)cc2)CC1)c1ccccc1. The third kappa shape index (κ3) is 5.39. The molecule has 0 aromatic heterocycles. The minimum absolute atomic E-state index is 0.0215. The monoisotopic (exact) mass is 497 g/mol. The first-order chi connectivity index (χ1) is 18.1. The van der Waals surface area contributed by atoms with Gasteiger partial charge in [0.05, 0.1) is 24.7 Å². The van der Waals surface area contributed by atoms with Crippen molar-refractivity contribution in [3.63, 3.8) is 0 Å². The van der Waals surface area contributed by atoms with E-state index in [1.54, 1.807) is 0 Å². The number of hydrogen-bond acceptors (Lipinski definition) is 4. The second-order valence-corrected chi connectivity index (χ2v) is 9.99. The molecule has 3 aromatic rings. The van der Waals surface area contributed by atoms with E-state index < -0.39 is 5.41 Å². The Hall–Kier alpha value is -3.64. The summed E-state index contributed by atoms with van der Waals surface area (Å²) in [7, 11) is 0. The Balaban J connectivity index is 1.29. The number of nitrogens with one attached hydrogen (secondary N) is 1. The van der Waals surface area contributed by atoms with Crippen molar-refractivity contribution in [1.82, 2.24) is 10.2 Å². The zero-order chi connectivity index (χ0) is 25.7. The Bertz CT molecular complexity index is 1180. The molecule has 1 unspecified atom stereocenters. The van der Waals surface area contributed by atoms with E-state index in [9.17, 15) is 9.59 Å². The molecule has 2 saturated heterocycles. The Kier molecular flexibility index (Phi) is 7.56. The summed E-state index contributed by atoms with van der Waals surface area (Å²) >= 11 is 0. The molecule has 192 valence electrons. The van der Waals surface area contributed by atoms with Gasteiger partial charge in [-0.2, -0.15) is 0 Å². The summed E-state index contributed by atoms with van der Waals surface area (Å²) in [5.41, 5.74) is 3.22. The number of rotatable bonds is 6. The zero-order valence-electron chi connectivity index (χ0n) is 21.4. The van der Waals surface area contributed by atoms with Gasteiger partial charge in [0.15, 0.2) is 0 Å². The molecule has 2 aliphatic rings. The van der Waals surface area contributed by atoms with Crippen LogP contribution in [-0.4, -0.2) is 56.1 Å². The summed E-state index contributed by atoms with van der Waals surface area (Å²) in [6, 6.07) is 27.8. The lowest BCUT2D eigenvalue weighted by Gasteiger charge is -2.41. The zero-order valence-corrected chi connectivity index (χ0v) is 21.4. The van der Waals surface area contributed by atoms with E-state index in [1.807, 2.05) is 96.8 Å². The van der Waals surface area contributed by atoms with Crippen molar-refractivity contribution in [2.75, 3.05) is 44.3 Å². The van der Waals surface area contributed by atoms with E-state index >= 15 is 0 Å². The van der Waals surface area contributed by atoms with E-state index in [-0.39, 0.29) is 17.9 Å². The highest BCUT2D eigenvalue weighted by molar-refractivity contribution is 5.95. The number of piperidine rings is 1. The van der Waals surface area contributed by atoms with Crippen molar-refractivity contribution in [3.8, 4) is 0 Å². The van der Waals surface area contributed by atoms with Crippen LogP contribution >= 0.6 is 0 Å². The van der Waals surface area contributed by atoms with Gasteiger partial charge >= 0.3 is 0 Å². The molecule has 0 aliphatic carbocycles. The van der Waals surface area contributed by atoms with Gasteiger partial charge in [-0.1, -0.05) is 60.7 Å². The van der Waals surface area contributed by atoms with E-state index in [4.69, 9.17) is 4.74 Å². The third-order valence-corrected chi connectivity index (χ3v) is 7.80. The molecule has 1 N–H and O–H groups in total. The molecular weight excluding hydrogens is 462 g/mol. The second kappa shape index (κ2) is 11.2. The number of hydrogen-bond donors (Lipinski definition) is 1. The highest BCUT2D eigenvalue weighted by Gasteiger charge is 2.44. The number of amides is 2. The number of ether oxygens (including phenoxy) is 1. The van der Waals surface area contributed by atoms with Crippen LogP contribution in [0.3, 0.4) is 0 Å². The minimum Gasteiger partial charge on any atom is -0.378 e. The normalized spacial score (nSPS) is 18.2. The van der Waals surface area contributed by atoms with Crippen molar-refractivity contribution in [3.05, 3.63) is 102 Å². The van der Waals surface area contributed by atoms with Crippen molar-refractivity contribution >= 4 is 17.5 Å². The summed E-state index contributed by atoms with van der Waals surface area (Å²) in [6.07, 6.45) is 1.17. The predicted molar refractivity (Wildman–Crippen MR) is 146 cm³/mol. The average Bonchev–Trinajstić information content (AvgIpc) is 2.98. The van der Waals surface area contributed by atoms with Crippen molar-refractivity contribution < 1.29 is 14.3 Å². The number of morpholine rings is 1. The van der Waals surface area contributed by atoms with Gasteiger partial charge in [0.2, 0.25) is 5.91 Å². The topological polar surface area (TPSA) is 61.9 Å². The first kappa shape index (κ1) is 25.0. The van der Waals surface area contributed by atoms with E-state index in [2.05, 4.69) is 10.2 Å². The van der Waals surface area contributed by atoms with Crippen LogP contribution in [0, 0.1) is 0 Å². The molecular formula is C31H35N3O3. The van der Waals surface area contributed by atoms with E-state index in [1.165, 1.54) is 0 Å². The van der Waals surface area contributed by atoms with Crippen LogP contribution in [0.2, 0.25) is 0 Å². The molecule has 0 radical (unpaired) electrons. The maximum absolute atomic E-state index is 13.8. The Labute approximate surface area is 219 Å². The van der Waals surface area contributed by atoms with Gasteiger partial charge in [-0.15, -0.1) is 0 Å². The fourth-order valence-corrected chi connectivity index (χ4v) is 5.47. The highest BCUT2D eigenvalue weighted by Crippen LogP contribution is 2.37. The molecule has 1 atom stereocenters. The smallest absolute Gasteiger partial charge is 0.253 e. The molecule has 3 aromatic carbocycles. The van der Waals surface area contributed by atoms with Gasteiger partial charge in [0.1, 0.15) is 0 Å². The number of anilines is 1. The van der Waals surface area contributed by atoms with Gasteiger partial charge in [-0.3, -0.25) is 9.59 Å². The molecule has 0 spiro atoms. The van der Waals surface area contributed by atoms with Gasteiger partial charge < -0.3 is 19.9 Å². The molecule has 2 fully saturated rings. The van der Waals surface area contributed by atoms with Crippen LogP contribution in [0.15, 0.2) is 84.9 Å². The standard InChI is InChI=1S/C31H35N3O3/c1-24(25-8-4-2-5-9-25)32-30(36)31(27-10-6-3-7-11-27)16-18-34(19-17-31)29(35)26-12-14-28(15-13-26)33-20-22-37-23-21-33/h2-15,24H,16-23H2,1H3,(H,32,36). The molecule has 2 aliphatic heterocycles. The Morgan fingerprint density at radius 1 is 0.811 bits per heavy atom. The molecule has 0 saturated carbocycles. The lowest BCUT2D eigenvalue weighted by molar-refractivity contribution is -0.129. The molecule has 2 amide bonds. The Morgan fingerprint density at radius 2 is 1.41 bits per heavy atom. The van der Waals surface area contributed by atoms with Crippen LogP contribution in [0.5, 0.6) is 0 Å². The van der Waals surface area contributed by atoms with Crippen LogP contribution in [0.4, 0.5) is 5.69 Å². The number of carbonyl (C=O) groups is 2. The van der Waals surface area contributed by atoms with Gasteiger partial charge in [0, 0.05) is 37.4 Å². The van der Waals surface area contributed by atoms with Crippen molar-refractivity contribution in [1.29, 1.82) is 0 Å². The summed E-state index contributed by atoms with van der Waals surface area (Å²) in [5, 5.41) is 3.26. The Morgan fingerprint density at radius 3 is 2.03 bits per heavy atom. The predicted octanol–water partition coefficient (Wildman–Crippen LogP) is 4.57. The number of nitrogens with zero attached hydrogens (tertiary/aromatic N) is 2. The molecule has 6 heteroatoms. The largest absolute Gasteiger partial charge is 0.378 e. The molecule has 5 rings (SSSR count). The van der Waals surface area contributed by atoms with E-state index in [0.29, 0.717) is 31.5 Å². The fraction of sp³-hybridized carbons (Fsp3) is 0.355. The molecule has 6 nitrogen and oxygen atoms in total. The van der Waals surface area contributed by atoms with Crippen LogP contribution < -0.4 is 10.2 Å². The van der Waals surface area contributed by atoms with Gasteiger partial charge in [-0.25, -0.2) is 0 Å². The molecule has 37 heavy (non-hydrogen) atoms. The minimum atomic E-state index is -0.665. The average molecular weight is 498 g/mol. The highest BCUT2D eigenvalue weighted by atomic mass is 16.5. The lowest BCUT2D eigenvalue weighted by atomic mass is 9.71. The van der Waals surface area contributed by atoms with Crippen molar-refractivity contribution in [2.45, 2.75) is 31.2 Å². The first-order valence-electron chi connectivity index (χ1n) is 13.2. The van der Waals surface area contributed by atoms with Crippen LogP contribution in [0.1, 0.15) is 47.3 Å². The quantitative estimate of drug-likeness (QED) is 0.542. The first-order valence-corrected chi connectivity index (χ1v) is 13.2. The maximum atomic E-state index is 13.8. The number of carbonyl (C=O) groups excluding carboxylic acids is 2. The summed E-state index contributed by atoms with van der Waals surface area (Å²) in [5.74, 6) is 0.0465. The second-order valence-electron chi connectivity index (χ2n) is 9.99. The van der Waals surface area contributed by atoms with Crippen molar-refractivity contribution in [2.24, 2.45) is 0 Å². The number of likely N-dealkylation sites (tertiary alicyclic amines) is 1. The summed E-state index contributed by atoms with van der Waals surface area (Å²) in [6.45, 7) is 6.28. The third-order valence-electron chi connectivity index (χ3n) is 7.80. The lowest BCUT2D eigenvalue weighted by Crippen LogP contribution is -2.53. The summed E-state index contributed by atoms with van der Waals surface area (Å²) in [4.78, 5) is 31.3. The van der Waals surface area contributed by atoms with Crippen LogP contribution in [-0.2, 0) is 14.9 Å². The number of benzene rings is 3. The molecule has 0 bridgehead atoms. The van der Waals surface area contributed by atoms with Crippen LogP contribution in [0.25, 0.3) is 0 Å². The molecule has 2 heterocycles. The van der Waals surface area contributed by atoms with Gasteiger partial charge in [0.25, 0.3) is 5.91 Å².